The molecule has 0 aromatic heterocycles. The fourth-order valence-electron chi connectivity index (χ4n) is 11.8. The van der Waals surface area contributed by atoms with Crippen molar-refractivity contribution in [2.24, 2.45) is 17.8 Å². The second-order valence-corrected chi connectivity index (χ2v) is 24.3. The van der Waals surface area contributed by atoms with E-state index >= 15 is 0 Å². The molecule has 1 aromatic carbocycles. The maximum Gasteiger partial charge on any atom is 0.118 e. The number of nitrogens with zero attached hydrogens (tertiary/aromatic N) is 3. The van der Waals surface area contributed by atoms with Crippen LogP contribution in [0.1, 0.15) is 227 Å². The molecule has 6 aliphatic rings. The summed E-state index contributed by atoms with van der Waals surface area (Å²) < 4.78 is 46.6. The molecule has 5 unspecified atom stereocenters. The Balaban J connectivity index is 0. The Labute approximate surface area is 510 Å². The highest BCUT2D eigenvalue weighted by atomic mass is 16.5. The third-order valence-corrected chi connectivity index (χ3v) is 17.7. The molecular weight excluding hydrogens is 1030 g/mol. The van der Waals surface area contributed by atoms with Crippen LogP contribution in [-0.4, -0.2) is 188 Å². The fourth-order valence-corrected chi connectivity index (χ4v) is 11.8. The molecule has 82 heavy (non-hydrogen) atoms. The van der Waals surface area contributed by atoms with Gasteiger partial charge in [-0.15, -0.1) is 0 Å². The molecule has 5 atom stereocenters. The number of unbranched alkanes of at least 4 members (excludes halogenated alkanes) is 1. The molecule has 0 bridgehead atoms. The number of hydrogen-bond acceptors (Lipinski definition) is 12. The van der Waals surface area contributed by atoms with Gasteiger partial charge in [-0.1, -0.05) is 118 Å². The van der Waals surface area contributed by atoms with Gasteiger partial charge in [0.25, 0.3) is 0 Å². The van der Waals surface area contributed by atoms with Crippen molar-refractivity contribution in [3.05, 3.63) is 29.8 Å². The van der Waals surface area contributed by atoms with Gasteiger partial charge >= 0.3 is 0 Å². The third-order valence-electron chi connectivity index (χ3n) is 17.7. The summed E-state index contributed by atoms with van der Waals surface area (Å²) in [7, 11) is 22.6. The molecular formula is C70H141N3O9. The number of rotatable bonds is 19. The van der Waals surface area contributed by atoms with Gasteiger partial charge in [-0.25, -0.2) is 0 Å². The van der Waals surface area contributed by atoms with E-state index in [0.717, 1.165) is 49.7 Å². The maximum atomic E-state index is 5.62. The first-order valence-electron chi connectivity index (χ1n) is 33.5. The molecule has 3 saturated heterocycles. The molecule has 12 heteroatoms. The molecule has 0 radical (unpaired) electrons. The highest BCUT2D eigenvalue weighted by Gasteiger charge is 2.30. The van der Waals surface area contributed by atoms with Crippen LogP contribution in [0.2, 0.25) is 0 Å². The van der Waals surface area contributed by atoms with E-state index in [9.17, 15) is 0 Å². The summed E-state index contributed by atoms with van der Waals surface area (Å²) in [5.74, 6) is 3.55. The molecule has 3 saturated carbocycles. The first kappa shape index (κ1) is 82.6. The van der Waals surface area contributed by atoms with Crippen molar-refractivity contribution >= 4 is 0 Å². The van der Waals surface area contributed by atoms with Crippen molar-refractivity contribution in [2.45, 2.75) is 264 Å². The van der Waals surface area contributed by atoms with Crippen molar-refractivity contribution in [2.75, 3.05) is 138 Å². The van der Waals surface area contributed by atoms with E-state index in [-0.39, 0.29) is 5.60 Å². The summed E-state index contributed by atoms with van der Waals surface area (Å²) in [6.45, 7) is 24.4. The van der Waals surface area contributed by atoms with E-state index in [0.29, 0.717) is 30.5 Å². The largest absolute Gasteiger partial charge is 0.497 e. The smallest absolute Gasteiger partial charge is 0.118 e. The molecule has 1 aromatic rings. The summed E-state index contributed by atoms with van der Waals surface area (Å²) in [6.07, 6.45) is 38.8. The molecule has 3 aliphatic carbocycles. The molecule has 7 rings (SSSR count). The van der Waals surface area contributed by atoms with Crippen LogP contribution in [0.3, 0.4) is 0 Å². The number of likely N-dealkylation sites (tertiary alicyclic amines) is 3. The van der Waals surface area contributed by atoms with Gasteiger partial charge in [0.05, 0.1) is 49.8 Å². The zero-order valence-corrected chi connectivity index (χ0v) is 57.9. The SMILES string of the molecule is CCC1CCC(OC)CC1.CCC1CCCCC1OC.CCCC(C)OC.CCCC1(OC)CCCCC1.CCCCOC.CCc1ccc(OC)cc1.COC1CCCN(C)C1.COC1CCN(C)CC1.COCC1CCCN(C)C1. The molecule has 3 heterocycles. The van der Waals surface area contributed by atoms with Gasteiger partial charge in [-0.05, 0) is 192 Å². The lowest BCUT2D eigenvalue weighted by Crippen LogP contribution is -2.36. The first-order chi connectivity index (χ1) is 39.6. The summed E-state index contributed by atoms with van der Waals surface area (Å²) in [5, 5.41) is 0. The van der Waals surface area contributed by atoms with Gasteiger partial charge in [-0.2, -0.15) is 0 Å². The van der Waals surface area contributed by atoms with Crippen molar-refractivity contribution in [3.63, 3.8) is 0 Å². The van der Waals surface area contributed by atoms with Gasteiger partial charge < -0.3 is 57.3 Å². The van der Waals surface area contributed by atoms with Crippen molar-refractivity contribution in [1.29, 1.82) is 0 Å². The van der Waals surface area contributed by atoms with Crippen LogP contribution in [0.4, 0.5) is 0 Å². The number of benzene rings is 1. The first-order valence-corrected chi connectivity index (χ1v) is 33.5. The second-order valence-electron chi connectivity index (χ2n) is 24.3. The molecule has 0 amide bonds. The second kappa shape index (κ2) is 57.3. The van der Waals surface area contributed by atoms with Crippen molar-refractivity contribution < 1.29 is 42.6 Å². The Morgan fingerprint density at radius 1 is 0.512 bits per heavy atom. The van der Waals surface area contributed by atoms with Crippen LogP contribution >= 0.6 is 0 Å². The molecule has 0 spiro atoms. The lowest BCUT2D eigenvalue weighted by Gasteiger charge is -2.35. The van der Waals surface area contributed by atoms with Crippen LogP contribution in [0.15, 0.2) is 24.3 Å². The van der Waals surface area contributed by atoms with Crippen molar-refractivity contribution in [1.82, 2.24) is 14.7 Å². The zero-order chi connectivity index (χ0) is 61.7. The van der Waals surface area contributed by atoms with Crippen LogP contribution in [0, 0.1) is 17.8 Å². The highest BCUT2D eigenvalue weighted by molar-refractivity contribution is 5.26. The van der Waals surface area contributed by atoms with E-state index in [1.165, 1.54) is 212 Å². The topological polar surface area (TPSA) is 92.8 Å². The molecule has 6 fully saturated rings. The minimum absolute atomic E-state index is 0.271. The monoisotopic (exact) mass is 1170 g/mol. The van der Waals surface area contributed by atoms with E-state index in [4.69, 9.17) is 42.6 Å². The summed E-state index contributed by atoms with van der Waals surface area (Å²) in [6, 6.07) is 8.13. The minimum atomic E-state index is 0.271. The number of piperidine rings is 3. The normalized spacial score (nSPS) is 24.1. The lowest BCUT2D eigenvalue weighted by atomic mass is 9.81. The molecule has 0 N–H and O–H groups in total. The lowest BCUT2D eigenvalue weighted by molar-refractivity contribution is -0.0458. The minimum Gasteiger partial charge on any atom is -0.497 e. The number of likely N-dealkylation sites (N-methyl/N-ethyl adjacent to an activating group) is 1. The fraction of sp³-hybridized carbons (Fsp3) is 0.914. The number of ether oxygens (including phenoxy) is 9. The summed E-state index contributed by atoms with van der Waals surface area (Å²) in [4.78, 5) is 7.04. The van der Waals surface area contributed by atoms with Gasteiger partial charge in [0.15, 0.2) is 0 Å². The average molecular weight is 1170 g/mol. The Kier molecular flexibility index (Phi) is 57.8. The van der Waals surface area contributed by atoms with E-state index < -0.39 is 0 Å². The predicted octanol–water partition coefficient (Wildman–Crippen LogP) is 16.3. The van der Waals surface area contributed by atoms with E-state index in [1.54, 1.807) is 42.7 Å². The van der Waals surface area contributed by atoms with Crippen molar-refractivity contribution in [3.8, 4) is 5.75 Å². The van der Waals surface area contributed by atoms with Gasteiger partial charge in [0.2, 0.25) is 0 Å². The Bertz CT molecular complexity index is 1370. The predicted molar refractivity (Wildman–Crippen MR) is 352 cm³/mol. The molecule has 490 valence electrons. The average Bonchev–Trinajstić information content (AvgIpc) is 3.57. The van der Waals surface area contributed by atoms with Crippen LogP contribution in [-0.2, 0) is 44.3 Å². The van der Waals surface area contributed by atoms with E-state index in [1.807, 2.05) is 33.5 Å². The van der Waals surface area contributed by atoms with E-state index in [2.05, 4.69) is 96.4 Å². The van der Waals surface area contributed by atoms with Crippen LogP contribution in [0.25, 0.3) is 0 Å². The summed E-state index contributed by atoms with van der Waals surface area (Å²) in [5.41, 5.74) is 1.62. The summed E-state index contributed by atoms with van der Waals surface area (Å²) >= 11 is 0. The Hall–Kier alpha value is -1.42. The molecule has 12 nitrogen and oxygen atoms in total. The number of methoxy groups -OCH3 is 9. The van der Waals surface area contributed by atoms with Gasteiger partial charge in [0.1, 0.15) is 5.75 Å². The number of hydrogen-bond donors (Lipinski definition) is 0. The van der Waals surface area contributed by atoms with Gasteiger partial charge in [0, 0.05) is 89.7 Å². The third kappa shape index (κ3) is 44.1. The van der Waals surface area contributed by atoms with Crippen LogP contribution < -0.4 is 4.74 Å². The number of aryl methyl sites for hydroxylation is 1. The zero-order valence-electron chi connectivity index (χ0n) is 57.9. The maximum absolute atomic E-state index is 5.62. The standard InChI is InChI=1S/C10H20O.C9H18O.C9H12O.C9H18O.C8H17NO.2C7H15NO.C6H14O.C5H12O/c1-3-7-10(11-2)8-5-4-6-9-10;2*1-3-8-4-6-9(10-2)7-5-8;1-3-8-6-4-5-7-9(8)10-2;1-9-5-3-4-8(6-9)7-10-2;1-8-5-3-7(9-2)4-6-8;1-8-5-3-4-7(6-8)9-2;1-4-5-6(2)7-3;1-3-4-5-6-2/h3-9H2,1-2H3;8-9H,3-7H2,1-2H3;4-7H,3H2,1-2H3;8-9H,3-7H2,1-2H3;8H,3-7H2,1-2H3;2*7H,3-6H2,1-2H3;6H,4-5H2,1-3H3;3-5H2,1-2H3. The Morgan fingerprint density at radius 3 is 1.50 bits per heavy atom. The molecule has 3 aliphatic heterocycles. The van der Waals surface area contributed by atoms with Crippen LogP contribution in [0.5, 0.6) is 5.75 Å². The highest BCUT2D eigenvalue weighted by Crippen LogP contribution is 2.35. The van der Waals surface area contributed by atoms with Gasteiger partial charge in [-0.3, -0.25) is 0 Å². The Morgan fingerprint density at radius 2 is 1.10 bits per heavy atom. The quantitative estimate of drug-likeness (QED) is 0.124.